The van der Waals surface area contributed by atoms with Gasteiger partial charge in [-0.2, -0.15) is 0 Å². The van der Waals surface area contributed by atoms with Gasteiger partial charge in [-0.05, 0) is 73.8 Å². The van der Waals surface area contributed by atoms with Crippen molar-refractivity contribution in [3.8, 4) is 0 Å². The average molecular weight is 634 g/mol. The third-order valence-corrected chi connectivity index (χ3v) is 8.78. The zero-order valence-corrected chi connectivity index (χ0v) is 27.5. The third-order valence-electron chi connectivity index (χ3n) is 8.78. The molecule has 1 aliphatic carbocycles. The number of carboxylic acids is 1. The van der Waals surface area contributed by atoms with Gasteiger partial charge < -0.3 is 26.0 Å². The van der Waals surface area contributed by atoms with Gasteiger partial charge in [-0.1, -0.05) is 70.9 Å². The molecule has 4 rings (SSSR count). The van der Waals surface area contributed by atoms with Gasteiger partial charge in [0.2, 0.25) is 5.91 Å². The summed E-state index contributed by atoms with van der Waals surface area (Å²) in [7, 11) is 0. The fourth-order valence-corrected chi connectivity index (χ4v) is 6.60. The number of imide groups is 1. The fourth-order valence-electron chi connectivity index (χ4n) is 6.60. The highest BCUT2D eigenvalue weighted by atomic mass is 16.4. The van der Waals surface area contributed by atoms with Crippen LogP contribution in [0.2, 0.25) is 0 Å². The molecule has 2 atom stereocenters. The quantitative estimate of drug-likeness (QED) is 0.195. The number of rotatable bonds is 13. The number of carboxylic acid groups (broad SMARTS) is 1. The van der Waals surface area contributed by atoms with Crippen molar-refractivity contribution in [2.45, 2.75) is 104 Å². The molecule has 11 nitrogen and oxygen atoms in total. The molecule has 2 aliphatic rings. The number of nitrogens with zero attached hydrogens (tertiary/aromatic N) is 2. The summed E-state index contributed by atoms with van der Waals surface area (Å²) in [5.74, 6) is -1.75. The van der Waals surface area contributed by atoms with Gasteiger partial charge >= 0.3 is 18.0 Å². The molecule has 2 fully saturated rings. The Kier molecular flexibility index (Phi) is 11.1. The number of benzene rings is 2. The predicted octanol–water partition coefficient (Wildman–Crippen LogP) is 6.14. The second-order valence-corrected chi connectivity index (χ2v) is 13.5. The van der Waals surface area contributed by atoms with Crippen molar-refractivity contribution in [1.29, 1.82) is 0 Å². The van der Waals surface area contributed by atoms with Crippen molar-refractivity contribution in [1.82, 2.24) is 15.1 Å². The van der Waals surface area contributed by atoms with E-state index in [2.05, 4.69) is 16.0 Å². The highest BCUT2D eigenvalue weighted by Crippen LogP contribution is 2.44. The molecule has 1 aliphatic heterocycles. The number of aryl methyl sites for hydroxylation is 1. The zero-order chi connectivity index (χ0) is 33.6. The molecule has 1 saturated heterocycles. The number of hydrogen-bond acceptors (Lipinski definition) is 5. The van der Waals surface area contributed by atoms with Gasteiger partial charge in [0.05, 0.1) is 6.42 Å². The minimum atomic E-state index is -1.05. The normalized spacial score (nSPS) is 17.1. The lowest BCUT2D eigenvalue weighted by Crippen LogP contribution is -2.54. The molecule has 1 spiro atoms. The van der Waals surface area contributed by atoms with E-state index in [-0.39, 0.29) is 43.2 Å². The molecule has 6 amide bonds. The molecular formula is C35H47N5O6. The monoisotopic (exact) mass is 633 g/mol. The number of nitrogens with one attached hydrogen (secondary N) is 3. The average Bonchev–Trinajstić information content (AvgIpc) is 3.53. The number of anilines is 2. The highest BCUT2D eigenvalue weighted by Gasteiger charge is 2.60. The number of carbonyl (C=O) groups is 5. The molecule has 1 saturated carbocycles. The number of amides is 6. The Morgan fingerprint density at radius 2 is 1.52 bits per heavy atom. The van der Waals surface area contributed by atoms with E-state index in [9.17, 15) is 29.1 Å². The van der Waals surface area contributed by atoms with Crippen LogP contribution in [-0.4, -0.2) is 62.4 Å². The van der Waals surface area contributed by atoms with E-state index in [1.165, 1.54) is 0 Å². The minimum Gasteiger partial charge on any atom is -0.481 e. The van der Waals surface area contributed by atoms with Gasteiger partial charge in [-0.3, -0.25) is 14.4 Å². The number of urea groups is 2. The Morgan fingerprint density at radius 3 is 2.11 bits per heavy atom. The molecule has 1 heterocycles. The van der Waals surface area contributed by atoms with Crippen molar-refractivity contribution in [2.75, 3.05) is 10.6 Å². The lowest BCUT2D eigenvalue weighted by Gasteiger charge is -2.31. The summed E-state index contributed by atoms with van der Waals surface area (Å²) in [4.78, 5) is 68.9. The lowest BCUT2D eigenvalue weighted by molar-refractivity contribution is -0.141. The summed E-state index contributed by atoms with van der Waals surface area (Å²) in [6.07, 6.45) is 3.09. The van der Waals surface area contributed by atoms with E-state index < -0.39 is 35.5 Å². The van der Waals surface area contributed by atoms with Crippen molar-refractivity contribution in [2.24, 2.45) is 11.8 Å². The van der Waals surface area contributed by atoms with Gasteiger partial charge in [0.1, 0.15) is 11.6 Å². The van der Waals surface area contributed by atoms with Crippen LogP contribution in [0.5, 0.6) is 0 Å². The maximum Gasteiger partial charge on any atom is 0.328 e. The maximum atomic E-state index is 14.2. The molecule has 2 unspecified atom stereocenters. The first-order valence-electron chi connectivity index (χ1n) is 16.2. The van der Waals surface area contributed by atoms with Crippen LogP contribution in [0.25, 0.3) is 0 Å². The Labute approximate surface area is 271 Å². The molecule has 4 N–H and O–H groups in total. The van der Waals surface area contributed by atoms with E-state index in [4.69, 9.17) is 0 Å². The van der Waals surface area contributed by atoms with Crippen molar-refractivity contribution in [3.63, 3.8) is 0 Å². The first-order valence-corrected chi connectivity index (χ1v) is 16.2. The van der Waals surface area contributed by atoms with E-state index >= 15 is 0 Å². The Bertz CT molecular complexity index is 1430. The summed E-state index contributed by atoms with van der Waals surface area (Å²) in [5.41, 5.74) is 1.97. The van der Waals surface area contributed by atoms with Gasteiger partial charge in [-0.25, -0.2) is 14.5 Å². The largest absolute Gasteiger partial charge is 0.481 e. The smallest absolute Gasteiger partial charge is 0.328 e. The van der Waals surface area contributed by atoms with Crippen LogP contribution in [-0.2, 0) is 20.9 Å². The van der Waals surface area contributed by atoms with Crippen LogP contribution < -0.4 is 16.0 Å². The Balaban J connectivity index is 1.53. The van der Waals surface area contributed by atoms with Gasteiger partial charge in [0.15, 0.2) is 0 Å². The molecule has 11 heteroatoms. The Morgan fingerprint density at radius 1 is 0.891 bits per heavy atom. The minimum absolute atomic E-state index is 0.00370. The summed E-state index contributed by atoms with van der Waals surface area (Å²) in [6.45, 7) is 9.83. The highest BCUT2D eigenvalue weighted by molar-refractivity contribution is 6.10. The van der Waals surface area contributed by atoms with Gasteiger partial charge in [-0.15, -0.1) is 0 Å². The SMILES string of the molecule is Cc1ccccc1NC(=O)Nc1ccc(CN2C(=O)N(C(CC(C)C)C(=O)NC(CC(=O)O)CC(C)C)C(=O)C23CCCC3)cc1. The second-order valence-electron chi connectivity index (χ2n) is 13.5. The van der Waals surface area contributed by atoms with E-state index in [1.54, 1.807) is 17.0 Å². The van der Waals surface area contributed by atoms with Crippen molar-refractivity contribution < 1.29 is 29.1 Å². The molecule has 0 radical (unpaired) electrons. The second kappa shape index (κ2) is 14.8. The molecule has 248 valence electrons. The van der Waals surface area contributed by atoms with Crippen LogP contribution in [0.3, 0.4) is 0 Å². The number of hydrogen-bond donors (Lipinski definition) is 4. The topological polar surface area (TPSA) is 148 Å². The Hall–Kier alpha value is -4.41. The van der Waals surface area contributed by atoms with E-state index in [0.29, 0.717) is 30.6 Å². The molecule has 0 aromatic heterocycles. The van der Waals surface area contributed by atoms with Crippen LogP contribution in [0.15, 0.2) is 48.5 Å². The summed E-state index contributed by atoms with van der Waals surface area (Å²) in [5, 5.41) is 18.0. The van der Waals surface area contributed by atoms with E-state index in [1.807, 2.05) is 71.0 Å². The summed E-state index contributed by atoms with van der Waals surface area (Å²) in [6, 6.07) is 12.1. The van der Waals surface area contributed by atoms with Crippen molar-refractivity contribution in [3.05, 3.63) is 59.7 Å². The summed E-state index contributed by atoms with van der Waals surface area (Å²) >= 11 is 0. The maximum absolute atomic E-state index is 14.2. The van der Waals surface area contributed by atoms with Crippen LogP contribution >= 0.6 is 0 Å². The first kappa shape index (κ1) is 34.5. The standard InChI is InChI=1S/C35H47N5O6/c1-22(2)18-27(20-30(41)42)36-31(43)29(19-23(3)4)40-32(44)35(16-8-9-17-35)39(34(40)46)21-25-12-14-26(15-13-25)37-33(45)38-28-11-7-6-10-24(28)5/h6-7,10-15,22-23,27,29H,8-9,16-21H2,1-5H3,(H,36,43)(H,41,42)(H2,37,38,45). The lowest BCUT2D eigenvalue weighted by atomic mass is 9.93. The molecule has 2 aromatic carbocycles. The fraction of sp³-hybridized carbons (Fsp3) is 0.514. The molecular weight excluding hydrogens is 586 g/mol. The van der Waals surface area contributed by atoms with Gasteiger partial charge in [0.25, 0.3) is 5.91 Å². The molecule has 46 heavy (non-hydrogen) atoms. The number of aliphatic carboxylic acids is 1. The predicted molar refractivity (Wildman–Crippen MR) is 176 cm³/mol. The zero-order valence-electron chi connectivity index (χ0n) is 27.5. The molecule has 0 bridgehead atoms. The van der Waals surface area contributed by atoms with Crippen LogP contribution in [0.1, 0.15) is 83.8 Å². The summed E-state index contributed by atoms with van der Waals surface area (Å²) < 4.78 is 0. The number of para-hydroxylation sites is 1. The third kappa shape index (κ3) is 8.05. The van der Waals surface area contributed by atoms with Crippen LogP contribution in [0, 0.1) is 18.8 Å². The number of carbonyl (C=O) groups excluding carboxylic acids is 4. The van der Waals surface area contributed by atoms with Crippen molar-refractivity contribution >= 4 is 41.2 Å². The first-order chi connectivity index (χ1) is 21.8. The van der Waals surface area contributed by atoms with Crippen LogP contribution in [0.4, 0.5) is 21.0 Å². The van der Waals surface area contributed by atoms with E-state index in [0.717, 1.165) is 28.9 Å². The van der Waals surface area contributed by atoms with Gasteiger partial charge in [0, 0.05) is 24.0 Å². The molecule has 2 aromatic rings.